The fourth-order valence-corrected chi connectivity index (χ4v) is 42.6. The normalized spacial score (nSPS) is 16.8. The SMILES string of the molecule is CC1=Cc2c(-c3ccccc3)cccc2[CH]1[Zr]([CH]1C(C)=Cc2c(-c3ccccc3)cccc21)[Ga]([NH]C=O)[NH]C=O. The van der Waals surface area contributed by atoms with Crippen LogP contribution in [0.5, 0.6) is 0 Å². The van der Waals surface area contributed by atoms with Crippen molar-refractivity contribution in [2.75, 3.05) is 0 Å². The molecule has 2 N–H and O–H groups in total. The molecule has 2 unspecified atom stereocenters. The first-order valence-electron chi connectivity index (χ1n) is 13.6. The average molecular weight is 660 g/mol. The zero-order valence-corrected chi connectivity index (χ0v) is 27.5. The van der Waals surface area contributed by atoms with Crippen LogP contribution in [0.25, 0.3) is 34.4 Å². The quantitative estimate of drug-likeness (QED) is 0.155. The number of allylic oxidation sites excluding steroid dienone is 2. The second-order valence-electron chi connectivity index (χ2n) is 10.5. The number of benzene rings is 4. The molecule has 0 bridgehead atoms. The molecule has 2 aliphatic carbocycles. The summed E-state index contributed by atoms with van der Waals surface area (Å²) >= 11 is -5.54. The number of carbonyl (C=O) groups excluding carboxylic acids is 2. The number of carbonyl (C=O) groups is 2. The van der Waals surface area contributed by atoms with Gasteiger partial charge in [-0.05, 0) is 0 Å². The molecule has 0 spiro atoms. The summed E-state index contributed by atoms with van der Waals surface area (Å²) in [5, 5.41) is 0. The van der Waals surface area contributed by atoms with Crippen molar-refractivity contribution in [1.29, 1.82) is 0 Å². The van der Waals surface area contributed by atoms with Gasteiger partial charge in [0.1, 0.15) is 0 Å². The molecule has 4 aromatic rings. The van der Waals surface area contributed by atoms with Crippen LogP contribution in [0.15, 0.2) is 108 Å². The predicted molar refractivity (Wildman–Crippen MR) is 161 cm³/mol. The molecule has 0 saturated heterocycles. The number of hydrogen-bond acceptors (Lipinski definition) is 2. The Morgan fingerprint density at radius 2 is 1.02 bits per heavy atom. The van der Waals surface area contributed by atoms with E-state index in [4.69, 9.17) is 0 Å². The molecule has 0 heterocycles. The Bertz CT molecular complexity index is 1510. The average Bonchev–Trinajstić information content (AvgIpc) is 3.50. The van der Waals surface area contributed by atoms with Crippen LogP contribution in [0, 0.1) is 0 Å². The fraction of sp³-hybridized carbons (Fsp3) is 0.118. The second-order valence-corrected chi connectivity index (χ2v) is 34.7. The van der Waals surface area contributed by atoms with Crippen molar-refractivity contribution in [2.24, 2.45) is 0 Å². The van der Waals surface area contributed by atoms with Gasteiger partial charge in [-0.1, -0.05) is 0 Å². The Kier molecular flexibility index (Phi) is 7.93. The van der Waals surface area contributed by atoms with E-state index in [-0.39, 0.29) is 7.25 Å². The van der Waals surface area contributed by atoms with Crippen LogP contribution in [0.1, 0.15) is 43.4 Å². The van der Waals surface area contributed by atoms with Gasteiger partial charge in [-0.25, -0.2) is 0 Å². The van der Waals surface area contributed by atoms with Gasteiger partial charge >= 0.3 is 248 Å². The Morgan fingerprint density at radius 3 is 1.43 bits per heavy atom. The van der Waals surface area contributed by atoms with Crippen LogP contribution in [-0.4, -0.2) is 25.5 Å². The van der Waals surface area contributed by atoms with Crippen LogP contribution in [-0.2, 0) is 28.3 Å². The summed E-state index contributed by atoms with van der Waals surface area (Å²) in [5.41, 5.74) is 12.9. The maximum absolute atomic E-state index is 11.9. The monoisotopic (exact) mass is 657 g/mol. The van der Waals surface area contributed by atoms with Crippen LogP contribution in [0.4, 0.5) is 0 Å². The molecule has 2 amide bonds. The van der Waals surface area contributed by atoms with Gasteiger partial charge in [0.2, 0.25) is 0 Å². The fourth-order valence-electron chi connectivity index (χ4n) is 6.60. The summed E-state index contributed by atoms with van der Waals surface area (Å²) in [6.45, 7) is 4.49. The Hall–Kier alpha value is -3.18. The van der Waals surface area contributed by atoms with Crippen LogP contribution >= 0.6 is 0 Å². The van der Waals surface area contributed by atoms with E-state index >= 15 is 0 Å². The Labute approximate surface area is 246 Å². The van der Waals surface area contributed by atoms with E-state index < -0.39 is 31.3 Å². The molecule has 0 aromatic heterocycles. The third kappa shape index (κ3) is 4.83. The van der Waals surface area contributed by atoms with E-state index in [9.17, 15) is 9.59 Å². The molecule has 0 saturated carbocycles. The third-order valence-corrected chi connectivity index (χ3v) is 39.7. The van der Waals surface area contributed by atoms with Crippen molar-refractivity contribution in [1.82, 2.24) is 8.05 Å². The minimum atomic E-state index is -2.77. The summed E-state index contributed by atoms with van der Waals surface area (Å²) in [7, 11) is 0. The van der Waals surface area contributed by atoms with Crippen LogP contribution in [0.3, 0.4) is 0 Å². The van der Waals surface area contributed by atoms with Gasteiger partial charge in [0.05, 0.1) is 0 Å². The molecule has 2 aliphatic rings. The molecule has 0 radical (unpaired) electrons. The van der Waals surface area contributed by atoms with E-state index in [2.05, 4.69) is 119 Å². The summed E-state index contributed by atoms with van der Waals surface area (Å²) in [5.74, 6) is 0. The van der Waals surface area contributed by atoms with E-state index in [1.807, 2.05) is 12.1 Å². The first kappa shape index (κ1) is 27.0. The van der Waals surface area contributed by atoms with Crippen LogP contribution < -0.4 is 8.05 Å². The van der Waals surface area contributed by atoms with Gasteiger partial charge in [-0.3, -0.25) is 0 Å². The molecule has 0 aliphatic heterocycles. The number of hydrogen-bond donors (Lipinski definition) is 2. The number of nitrogens with one attached hydrogen (secondary N) is 2. The molecule has 0 fully saturated rings. The van der Waals surface area contributed by atoms with Crippen molar-refractivity contribution in [3.63, 3.8) is 0 Å². The molecule has 195 valence electrons. The molecule has 6 heteroatoms. The van der Waals surface area contributed by atoms with Crippen molar-refractivity contribution in [3.8, 4) is 22.3 Å². The maximum atomic E-state index is 11.9. The van der Waals surface area contributed by atoms with Gasteiger partial charge < -0.3 is 0 Å². The number of rotatable bonds is 9. The standard InChI is InChI=1S/2C16H13.2CH3NO.Ga.Zr/c2*1-12-10-14-8-5-9-15(16(14)11-12)13-6-3-2-4-7-13;2*2-1-3;;/h2*2-11H,1H3;2*1H,(H2,2,3);;/q;;;;+2;/p-2. The zero-order chi connectivity index (χ0) is 27.6. The van der Waals surface area contributed by atoms with E-state index in [0.29, 0.717) is 0 Å². The van der Waals surface area contributed by atoms with E-state index in [1.54, 1.807) is 0 Å². The van der Waals surface area contributed by atoms with Gasteiger partial charge in [0, 0.05) is 0 Å². The van der Waals surface area contributed by atoms with E-state index in [0.717, 1.165) is 12.8 Å². The third-order valence-electron chi connectivity index (χ3n) is 8.20. The summed E-state index contributed by atoms with van der Waals surface area (Å²) in [6.07, 6.45) is 6.37. The van der Waals surface area contributed by atoms with Gasteiger partial charge in [0.15, 0.2) is 0 Å². The zero-order valence-electron chi connectivity index (χ0n) is 22.6. The van der Waals surface area contributed by atoms with Gasteiger partial charge in [-0.2, -0.15) is 0 Å². The molecule has 4 aromatic carbocycles. The predicted octanol–water partition coefficient (Wildman–Crippen LogP) is 6.73. The van der Waals surface area contributed by atoms with Gasteiger partial charge in [0.25, 0.3) is 0 Å². The molecule has 4 nitrogen and oxygen atoms in total. The summed E-state index contributed by atoms with van der Waals surface area (Å²) < 4.78 is 7.00. The van der Waals surface area contributed by atoms with Gasteiger partial charge in [-0.15, -0.1) is 0 Å². The van der Waals surface area contributed by atoms with Crippen molar-refractivity contribution < 1.29 is 28.3 Å². The Morgan fingerprint density at radius 1 is 0.600 bits per heavy atom. The molecule has 40 heavy (non-hydrogen) atoms. The molecular formula is C34H30GaN2O2Zr. The second kappa shape index (κ2) is 11.7. The number of fused-ring (bicyclic) bond motifs is 2. The molecule has 2 atom stereocenters. The first-order chi connectivity index (χ1) is 19.6. The molecular weight excluding hydrogens is 629 g/mol. The Balaban J connectivity index is 1.52. The van der Waals surface area contributed by atoms with Crippen molar-refractivity contribution in [2.45, 2.75) is 21.1 Å². The minimum absolute atomic E-state index is 0.269. The molecule has 6 rings (SSSR count). The number of amides is 2. The first-order valence-corrected chi connectivity index (χ1v) is 27.5. The summed E-state index contributed by atoms with van der Waals surface area (Å²) in [6, 6.07) is 34.4. The van der Waals surface area contributed by atoms with Crippen molar-refractivity contribution in [3.05, 3.63) is 130 Å². The topological polar surface area (TPSA) is 58.2 Å². The van der Waals surface area contributed by atoms with Crippen LogP contribution in [0.2, 0.25) is 0 Å². The summed E-state index contributed by atoms with van der Waals surface area (Å²) in [4.78, 5) is 23.9. The van der Waals surface area contributed by atoms with Crippen molar-refractivity contribution >= 4 is 37.6 Å². The van der Waals surface area contributed by atoms with E-state index in [1.165, 1.54) is 55.7 Å².